The Hall–Kier alpha value is -1.55. The smallest absolute Gasteiger partial charge is 0.124 e. The summed E-state index contributed by atoms with van der Waals surface area (Å²) >= 11 is 0. The third-order valence-corrected chi connectivity index (χ3v) is 1.44. The molecule has 0 unspecified atom stereocenters. The number of aldehydes is 1. The summed E-state index contributed by atoms with van der Waals surface area (Å²) in [6.45, 7) is 0. The Labute approximate surface area is 66.1 Å². The van der Waals surface area contributed by atoms with Crippen molar-refractivity contribution in [2.45, 2.75) is 6.42 Å². The van der Waals surface area contributed by atoms with Crippen LogP contribution in [0.15, 0.2) is 24.3 Å². The molecule has 0 fully saturated rings. The first-order valence-corrected chi connectivity index (χ1v) is 3.36. The number of hydrogen-bond donors (Lipinski definition) is 0. The van der Waals surface area contributed by atoms with Crippen molar-refractivity contribution < 1.29 is 4.79 Å². The first kappa shape index (κ1) is 7.56. The molecule has 11 heavy (non-hydrogen) atoms. The van der Waals surface area contributed by atoms with Crippen molar-refractivity contribution in [2.24, 2.45) is 0 Å². The lowest BCUT2D eigenvalue weighted by Crippen LogP contribution is -1.84. The maximum Gasteiger partial charge on any atom is 0.124 e. The Morgan fingerprint density at radius 3 is 2.45 bits per heavy atom. The van der Waals surface area contributed by atoms with E-state index in [1.165, 1.54) is 0 Å². The van der Waals surface area contributed by atoms with E-state index in [1.54, 1.807) is 0 Å². The van der Waals surface area contributed by atoms with E-state index in [-0.39, 0.29) is 0 Å². The summed E-state index contributed by atoms with van der Waals surface area (Å²) in [6, 6.07) is 7.39. The van der Waals surface area contributed by atoms with E-state index >= 15 is 0 Å². The lowest BCUT2D eigenvalue weighted by Gasteiger charge is -1.93. The largest absolute Gasteiger partial charge is 0.303 e. The standard InChI is InChI=1S/C10H8O/c1-2-9-3-5-10(6-4-9)7-8-11/h1,3-6,8H,7H2. The van der Waals surface area contributed by atoms with Crippen LogP contribution in [0.4, 0.5) is 0 Å². The van der Waals surface area contributed by atoms with Crippen molar-refractivity contribution in [3.8, 4) is 12.3 Å². The molecule has 0 amide bonds. The molecule has 0 aliphatic carbocycles. The van der Waals surface area contributed by atoms with Crippen LogP contribution in [0.3, 0.4) is 0 Å². The predicted molar refractivity (Wildman–Crippen MR) is 44.1 cm³/mol. The minimum absolute atomic E-state index is 0.463. The highest BCUT2D eigenvalue weighted by Gasteiger charge is 1.89. The zero-order chi connectivity index (χ0) is 8.10. The van der Waals surface area contributed by atoms with Gasteiger partial charge in [-0.15, -0.1) is 6.42 Å². The molecule has 1 aromatic rings. The number of rotatable bonds is 2. The molecular weight excluding hydrogens is 136 g/mol. The molecule has 0 bridgehead atoms. The van der Waals surface area contributed by atoms with Gasteiger partial charge in [0.2, 0.25) is 0 Å². The van der Waals surface area contributed by atoms with Crippen LogP contribution in [-0.2, 0) is 11.2 Å². The van der Waals surface area contributed by atoms with E-state index < -0.39 is 0 Å². The van der Waals surface area contributed by atoms with E-state index in [2.05, 4.69) is 5.92 Å². The Balaban J connectivity index is 2.84. The Bertz CT molecular complexity index is 277. The molecule has 0 aromatic heterocycles. The summed E-state index contributed by atoms with van der Waals surface area (Å²) in [5, 5.41) is 0. The van der Waals surface area contributed by atoms with Crippen LogP contribution >= 0.6 is 0 Å². The van der Waals surface area contributed by atoms with E-state index in [0.717, 1.165) is 17.4 Å². The zero-order valence-electron chi connectivity index (χ0n) is 6.08. The van der Waals surface area contributed by atoms with Gasteiger partial charge in [-0.1, -0.05) is 18.1 Å². The first-order valence-electron chi connectivity index (χ1n) is 3.36. The number of terminal acetylenes is 1. The van der Waals surface area contributed by atoms with Gasteiger partial charge >= 0.3 is 0 Å². The van der Waals surface area contributed by atoms with E-state index in [1.807, 2.05) is 24.3 Å². The molecule has 0 radical (unpaired) electrons. The van der Waals surface area contributed by atoms with Crippen molar-refractivity contribution in [3.05, 3.63) is 35.4 Å². The van der Waals surface area contributed by atoms with Gasteiger partial charge in [0, 0.05) is 12.0 Å². The normalized spacial score (nSPS) is 8.64. The van der Waals surface area contributed by atoms with E-state index in [4.69, 9.17) is 6.42 Å². The lowest BCUT2D eigenvalue weighted by atomic mass is 10.1. The van der Waals surface area contributed by atoms with Crippen LogP contribution < -0.4 is 0 Å². The molecule has 0 aliphatic rings. The molecule has 0 heterocycles. The second-order valence-corrected chi connectivity index (χ2v) is 2.21. The zero-order valence-corrected chi connectivity index (χ0v) is 6.08. The Morgan fingerprint density at radius 2 is 2.00 bits per heavy atom. The van der Waals surface area contributed by atoms with Crippen molar-refractivity contribution in [3.63, 3.8) is 0 Å². The summed E-state index contributed by atoms with van der Waals surface area (Å²) in [4.78, 5) is 10.1. The lowest BCUT2D eigenvalue weighted by molar-refractivity contribution is -0.107. The molecule has 1 aromatic carbocycles. The van der Waals surface area contributed by atoms with Crippen molar-refractivity contribution >= 4 is 6.29 Å². The molecule has 0 N–H and O–H groups in total. The average molecular weight is 144 g/mol. The van der Waals surface area contributed by atoms with Crippen LogP contribution in [-0.4, -0.2) is 6.29 Å². The Kier molecular flexibility index (Phi) is 2.46. The fourth-order valence-electron chi connectivity index (χ4n) is 0.833. The van der Waals surface area contributed by atoms with Gasteiger partial charge in [-0.25, -0.2) is 0 Å². The van der Waals surface area contributed by atoms with Crippen molar-refractivity contribution in [2.75, 3.05) is 0 Å². The molecule has 0 aliphatic heterocycles. The Morgan fingerprint density at radius 1 is 1.36 bits per heavy atom. The number of benzene rings is 1. The second-order valence-electron chi connectivity index (χ2n) is 2.21. The molecular formula is C10H8O. The van der Waals surface area contributed by atoms with Crippen LogP contribution in [0.25, 0.3) is 0 Å². The topological polar surface area (TPSA) is 17.1 Å². The molecule has 1 nitrogen and oxygen atoms in total. The van der Waals surface area contributed by atoms with Gasteiger partial charge < -0.3 is 4.79 Å². The van der Waals surface area contributed by atoms with Gasteiger partial charge in [0.05, 0.1) is 0 Å². The maximum atomic E-state index is 10.1. The highest BCUT2D eigenvalue weighted by atomic mass is 16.1. The van der Waals surface area contributed by atoms with Gasteiger partial charge in [-0.3, -0.25) is 0 Å². The fraction of sp³-hybridized carbons (Fsp3) is 0.100. The van der Waals surface area contributed by atoms with Gasteiger partial charge in [0.1, 0.15) is 6.29 Å². The minimum atomic E-state index is 0.463. The molecule has 0 spiro atoms. The summed E-state index contributed by atoms with van der Waals surface area (Å²) in [5.41, 5.74) is 1.85. The van der Waals surface area contributed by atoms with Gasteiger partial charge in [-0.05, 0) is 17.7 Å². The molecule has 1 heteroatoms. The summed E-state index contributed by atoms with van der Waals surface area (Å²) < 4.78 is 0. The predicted octanol–water partition coefficient (Wildman–Crippen LogP) is 1.41. The molecule has 54 valence electrons. The summed E-state index contributed by atoms with van der Waals surface area (Å²) in [6.07, 6.45) is 6.50. The van der Waals surface area contributed by atoms with E-state index in [9.17, 15) is 4.79 Å². The van der Waals surface area contributed by atoms with Crippen LogP contribution in [0, 0.1) is 12.3 Å². The van der Waals surface area contributed by atoms with Crippen molar-refractivity contribution in [1.82, 2.24) is 0 Å². The molecule has 1 rings (SSSR count). The quantitative estimate of drug-likeness (QED) is 0.453. The van der Waals surface area contributed by atoms with Crippen LogP contribution in [0.1, 0.15) is 11.1 Å². The van der Waals surface area contributed by atoms with Crippen LogP contribution in [0.5, 0.6) is 0 Å². The second kappa shape index (κ2) is 3.58. The highest BCUT2D eigenvalue weighted by molar-refractivity contribution is 5.55. The first-order chi connectivity index (χ1) is 5.36. The van der Waals surface area contributed by atoms with E-state index in [0.29, 0.717) is 6.42 Å². The average Bonchev–Trinajstić information content (AvgIpc) is 2.07. The molecule has 0 atom stereocenters. The van der Waals surface area contributed by atoms with Crippen molar-refractivity contribution in [1.29, 1.82) is 0 Å². The highest BCUT2D eigenvalue weighted by Crippen LogP contribution is 2.02. The number of hydrogen-bond acceptors (Lipinski definition) is 1. The third-order valence-electron chi connectivity index (χ3n) is 1.44. The summed E-state index contributed by atoms with van der Waals surface area (Å²) in [5.74, 6) is 2.51. The summed E-state index contributed by atoms with van der Waals surface area (Å²) in [7, 11) is 0. The molecule has 0 saturated heterocycles. The maximum absolute atomic E-state index is 10.1. The third kappa shape index (κ3) is 1.94. The van der Waals surface area contributed by atoms with Crippen LogP contribution in [0.2, 0.25) is 0 Å². The van der Waals surface area contributed by atoms with Gasteiger partial charge in [0.25, 0.3) is 0 Å². The van der Waals surface area contributed by atoms with Gasteiger partial charge in [-0.2, -0.15) is 0 Å². The SMILES string of the molecule is C#Cc1ccc(CC=O)cc1. The monoisotopic (exact) mass is 144 g/mol. The fourth-order valence-corrected chi connectivity index (χ4v) is 0.833. The molecule has 0 saturated carbocycles. The van der Waals surface area contributed by atoms with Gasteiger partial charge in [0.15, 0.2) is 0 Å². The number of carbonyl (C=O) groups excluding carboxylic acids is 1. The number of carbonyl (C=O) groups is 1. The minimum Gasteiger partial charge on any atom is -0.303 e.